The van der Waals surface area contributed by atoms with Crippen LogP contribution in [0, 0.1) is 5.92 Å². The highest BCUT2D eigenvalue weighted by Crippen LogP contribution is 2.24. The van der Waals surface area contributed by atoms with Gasteiger partial charge in [-0.25, -0.2) is 8.42 Å². The van der Waals surface area contributed by atoms with E-state index in [0.717, 1.165) is 24.2 Å². The highest BCUT2D eigenvalue weighted by atomic mass is 32.2. The fourth-order valence-electron chi connectivity index (χ4n) is 4.03. The van der Waals surface area contributed by atoms with Crippen LogP contribution in [0.1, 0.15) is 41.7 Å². The lowest BCUT2D eigenvalue weighted by atomic mass is 10.0. The number of carbonyl (C=O) groups excluding carboxylic acids is 1. The molecule has 0 bridgehead atoms. The first kappa shape index (κ1) is 24.2. The molecule has 1 amide bonds. The van der Waals surface area contributed by atoms with Crippen LogP contribution in [-0.4, -0.2) is 64.4 Å². The Morgan fingerprint density at radius 3 is 2.56 bits per heavy atom. The number of amides is 1. The first-order chi connectivity index (χ1) is 15.2. The van der Waals surface area contributed by atoms with Gasteiger partial charge in [0.25, 0.3) is 5.91 Å². The number of nitrogens with zero attached hydrogens (tertiary/aromatic N) is 2. The van der Waals surface area contributed by atoms with Crippen molar-refractivity contribution < 1.29 is 17.9 Å². The van der Waals surface area contributed by atoms with Crippen molar-refractivity contribution in [2.75, 3.05) is 40.8 Å². The highest BCUT2D eigenvalue weighted by molar-refractivity contribution is 7.89. The molecule has 1 saturated heterocycles. The number of ether oxygens (including phenoxy) is 1. The van der Waals surface area contributed by atoms with Gasteiger partial charge in [0.2, 0.25) is 10.0 Å². The Morgan fingerprint density at radius 1 is 1.22 bits per heavy atom. The van der Waals surface area contributed by atoms with E-state index in [9.17, 15) is 13.2 Å². The van der Waals surface area contributed by atoms with Crippen molar-refractivity contribution in [2.45, 2.75) is 30.7 Å². The standard InChI is InChI=1S/C24H33N3O4S/c1-18-7-6-14-27(17-18)32(29,30)22-9-5-8-20(15-22)24(28)25-16-23(26(2)3)19-10-12-21(31-4)13-11-19/h5,8-13,15,18,23H,6-7,14,16-17H2,1-4H3,(H,25,28)/t18-,23-/m1/s1. The lowest BCUT2D eigenvalue weighted by molar-refractivity contribution is 0.0941. The van der Waals surface area contributed by atoms with Crippen LogP contribution >= 0.6 is 0 Å². The SMILES string of the molecule is COc1ccc([C@@H](CNC(=O)c2cccc(S(=O)(=O)N3CCC[C@@H](C)C3)c2)N(C)C)cc1. The highest BCUT2D eigenvalue weighted by Gasteiger charge is 2.29. The van der Waals surface area contributed by atoms with Crippen LogP contribution in [0.2, 0.25) is 0 Å². The quantitative estimate of drug-likeness (QED) is 0.656. The first-order valence-electron chi connectivity index (χ1n) is 10.9. The minimum atomic E-state index is -3.61. The average molecular weight is 460 g/mol. The molecule has 2 aromatic carbocycles. The summed E-state index contributed by atoms with van der Waals surface area (Å²) in [5.41, 5.74) is 1.38. The maximum absolute atomic E-state index is 13.1. The second-order valence-electron chi connectivity index (χ2n) is 8.60. The van der Waals surface area contributed by atoms with E-state index in [1.54, 1.807) is 25.3 Å². The summed E-state index contributed by atoms with van der Waals surface area (Å²) >= 11 is 0. The maximum Gasteiger partial charge on any atom is 0.251 e. The zero-order valence-corrected chi connectivity index (χ0v) is 20.1. The van der Waals surface area contributed by atoms with Gasteiger partial charge in [0.15, 0.2) is 0 Å². The molecule has 0 saturated carbocycles. The van der Waals surface area contributed by atoms with Gasteiger partial charge in [-0.15, -0.1) is 0 Å². The predicted octanol–water partition coefficient (Wildman–Crippen LogP) is 3.15. The number of rotatable bonds is 8. The van der Waals surface area contributed by atoms with Gasteiger partial charge >= 0.3 is 0 Å². The van der Waals surface area contributed by atoms with Crippen molar-refractivity contribution in [3.63, 3.8) is 0 Å². The molecule has 0 radical (unpaired) electrons. The fraction of sp³-hybridized carbons (Fsp3) is 0.458. The fourth-order valence-corrected chi connectivity index (χ4v) is 5.67. The summed E-state index contributed by atoms with van der Waals surface area (Å²) in [6.45, 7) is 3.49. The van der Waals surface area contributed by atoms with Gasteiger partial charge in [0, 0.05) is 25.2 Å². The lowest BCUT2D eigenvalue weighted by Crippen LogP contribution is -2.39. The molecule has 1 N–H and O–H groups in total. The first-order valence-corrected chi connectivity index (χ1v) is 12.3. The van der Waals surface area contributed by atoms with E-state index >= 15 is 0 Å². The topological polar surface area (TPSA) is 78.9 Å². The number of likely N-dealkylation sites (N-methyl/N-ethyl adjacent to an activating group) is 1. The number of piperidine rings is 1. The minimum absolute atomic E-state index is 0.0355. The molecule has 1 aliphatic heterocycles. The predicted molar refractivity (Wildman–Crippen MR) is 125 cm³/mol. The monoisotopic (exact) mass is 459 g/mol. The van der Waals surface area contributed by atoms with E-state index in [1.165, 1.54) is 10.4 Å². The largest absolute Gasteiger partial charge is 0.497 e. The number of methoxy groups -OCH3 is 1. The van der Waals surface area contributed by atoms with Gasteiger partial charge in [0.1, 0.15) is 5.75 Å². The number of carbonyl (C=O) groups is 1. The van der Waals surface area contributed by atoms with E-state index in [0.29, 0.717) is 31.1 Å². The van der Waals surface area contributed by atoms with E-state index in [-0.39, 0.29) is 16.8 Å². The molecule has 2 aromatic rings. The number of benzene rings is 2. The normalized spacial score (nSPS) is 18.3. The molecule has 0 aliphatic carbocycles. The van der Waals surface area contributed by atoms with Gasteiger partial charge in [-0.05, 0) is 68.8 Å². The molecule has 0 spiro atoms. The smallest absolute Gasteiger partial charge is 0.251 e. The van der Waals surface area contributed by atoms with Crippen LogP contribution in [0.25, 0.3) is 0 Å². The zero-order valence-electron chi connectivity index (χ0n) is 19.2. The van der Waals surface area contributed by atoms with Crippen molar-refractivity contribution >= 4 is 15.9 Å². The third kappa shape index (κ3) is 5.68. The molecule has 7 nitrogen and oxygen atoms in total. The average Bonchev–Trinajstić information content (AvgIpc) is 2.79. The molecule has 1 aliphatic rings. The molecular formula is C24H33N3O4S. The van der Waals surface area contributed by atoms with E-state index in [4.69, 9.17) is 4.74 Å². The number of sulfonamides is 1. The van der Waals surface area contributed by atoms with Crippen LogP contribution in [0.5, 0.6) is 5.75 Å². The lowest BCUT2D eigenvalue weighted by Gasteiger charge is -2.30. The van der Waals surface area contributed by atoms with Crippen molar-refractivity contribution in [3.8, 4) is 5.75 Å². The molecule has 8 heteroatoms. The van der Waals surface area contributed by atoms with Crippen LogP contribution < -0.4 is 10.1 Å². The minimum Gasteiger partial charge on any atom is -0.497 e. The molecule has 174 valence electrons. The third-order valence-electron chi connectivity index (χ3n) is 5.93. The number of nitrogens with one attached hydrogen (secondary N) is 1. The summed E-state index contributed by atoms with van der Waals surface area (Å²) in [5, 5.41) is 2.95. The molecule has 2 atom stereocenters. The Bertz CT molecular complexity index is 1020. The van der Waals surface area contributed by atoms with Crippen molar-refractivity contribution in [2.24, 2.45) is 5.92 Å². The van der Waals surface area contributed by atoms with Gasteiger partial charge in [-0.3, -0.25) is 4.79 Å². The van der Waals surface area contributed by atoms with Crippen LogP contribution in [-0.2, 0) is 10.0 Å². The van der Waals surface area contributed by atoms with E-state index < -0.39 is 10.0 Å². The second-order valence-corrected chi connectivity index (χ2v) is 10.5. The van der Waals surface area contributed by atoms with Crippen molar-refractivity contribution in [1.29, 1.82) is 0 Å². The molecular weight excluding hydrogens is 426 g/mol. The second kappa shape index (κ2) is 10.5. The summed E-state index contributed by atoms with van der Waals surface area (Å²) in [6.07, 6.45) is 1.90. The summed E-state index contributed by atoms with van der Waals surface area (Å²) in [6, 6.07) is 14.0. The third-order valence-corrected chi connectivity index (χ3v) is 7.79. The summed E-state index contributed by atoms with van der Waals surface area (Å²) in [7, 11) is 1.92. The molecule has 32 heavy (non-hydrogen) atoms. The molecule has 0 unspecified atom stereocenters. The molecule has 0 aromatic heterocycles. The zero-order chi connectivity index (χ0) is 23.3. The van der Waals surface area contributed by atoms with E-state index in [2.05, 4.69) is 12.2 Å². The van der Waals surface area contributed by atoms with Crippen LogP contribution in [0.3, 0.4) is 0 Å². The Morgan fingerprint density at radius 2 is 1.94 bits per heavy atom. The Labute approximate surface area is 191 Å². The van der Waals surface area contributed by atoms with Gasteiger partial charge in [0.05, 0.1) is 18.0 Å². The van der Waals surface area contributed by atoms with E-state index in [1.807, 2.05) is 43.3 Å². The molecule has 3 rings (SSSR count). The summed E-state index contributed by atoms with van der Waals surface area (Å²) in [4.78, 5) is 15.0. The Hall–Kier alpha value is -2.42. The maximum atomic E-state index is 13.1. The van der Waals surface area contributed by atoms with Gasteiger partial charge in [-0.2, -0.15) is 4.31 Å². The van der Waals surface area contributed by atoms with Crippen LogP contribution in [0.4, 0.5) is 0 Å². The van der Waals surface area contributed by atoms with Crippen molar-refractivity contribution in [3.05, 3.63) is 59.7 Å². The van der Waals surface area contributed by atoms with Gasteiger partial charge in [-0.1, -0.05) is 25.1 Å². The summed E-state index contributed by atoms with van der Waals surface area (Å²) < 4.78 is 32.9. The summed E-state index contributed by atoms with van der Waals surface area (Å²) in [5.74, 6) is 0.816. The number of hydrogen-bond donors (Lipinski definition) is 1. The molecule has 1 heterocycles. The Balaban J connectivity index is 1.72. The van der Waals surface area contributed by atoms with Gasteiger partial charge < -0.3 is 15.0 Å². The Kier molecular flexibility index (Phi) is 7.92. The van der Waals surface area contributed by atoms with Crippen LogP contribution in [0.15, 0.2) is 53.4 Å². The number of hydrogen-bond acceptors (Lipinski definition) is 5. The molecule has 1 fully saturated rings. The van der Waals surface area contributed by atoms with Crippen molar-refractivity contribution in [1.82, 2.24) is 14.5 Å².